The molecule has 5 atom stereocenters. The highest BCUT2D eigenvalue weighted by Crippen LogP contribution is 2.24. The Morgan fingerprint density at radius 2 is 1.55 bits per heavy atom. The van der Waals surface area contributed by atoms with Gasteiger partial charge in [0.05, 0.1) is 31.8 Å². The lowest BCUT2D eigenvalue weighted by atomic mass is 9.88. The molecule has 0 aliphatic carbocycles. The Labute approximate surface area is 133 Å². The molecule has 22 heavy (non-hydrogen) atoms. The number of nitrogens with two attached hydrogens (primary N) is 1. The molecule has 1 heterocycles. The molecule has 0 saturated carbocycles. The Balaban J connectivity index is 0.00000441. The summed E-state index contributed by atoms with van der Waals surface area (Å²) in [6.45, 7) is -1.65. The first-order valence-electron chi connectivity index (χ1n) is 6.38. The Morgan fingerprint density at radius 1 is 1.14 bits per heavy atom. The van der Waals surface area contributed by atoms with Gasteiger partial charge in [-0.1, -0.05) is 0 Å². The third-order valence-electron chi connectivity index (χ3n) is 3.65. The van der Waals surface area contributed by atoms with Gasteiger partial charge in [-0.25, -0.2) is 0 Å². The van der Waals surface area contributed by atoms with Crippen molar-refractivity contribution in [3.63, 3.8) is 0 Å². The molecule has 0 aromatic carbocycles. The van der Waals surface area contributed by atoms with E-state index < -0.39 is 49.5 Å². The van der Waals surface area contributed by atoms with Crippen molar-refractivity contribution < 1.29 is 30.3 Å². The number of halogens is 1. The number of likely N-dealkylation sites (N-methyl/N-ethyl adjacent to an activating group) is 1. The number of rotatable bonds is 4. The van der Waals surface area contributed by atoms with Crippen molar-refractivity contribution in [2.45, 2.75) is 30.4 Å². The highest BCUT2D eigenvalue weighted by molar-refractivity contribution is 5.85. The standard InChI is InChI=1S/C11H22N4O6.ClH/c1-14(11(12)13)2-7(18)15-5(3-16)8(19)10(21)9(20)6(15)4-17;/h5-6,8-10,16-17,19-21H,2-4H2,1H3,(H3,12,13);1H/t5-,6-,8-,9+,10-;/m1./s1. The number of nitrogens with zero attached hydrogens (tertiary/aromatic N) is 2. The number of carbonyl (C=O) groups is 1. The average molecular weight is 343 g/mol. The molecule has 8 N–H and O–H groups in total. The van der Waals surface area contributed by atoms with E-state index in [0.717, 1.165) is 9.80 Å². The van der Waals surface area contributed by atoms with Crippen molar-refractivity contribution >= 4 is 24.3 Å². The topological polar surface area (TPSA) is 175 Å². The molecule has 0 aromatic rings. The number of likely N-dealkylation sites (tertiary alicyclic amines) is 1. The monoisotopic (exact) mass is 342 g/mol. The molecule has 1 saturated heterocycles. The Kier molecular flexibility index (Phi) is 8.01. The fraction of sp³-hybridized carbons (Fsp3) is 0.818. The van der Waals surface area contributed by atoms with Gasteiger partial charge in [-0.3, -0.25) is 10.2 Å². The van der Waals surface area contributed by atoms with Gasteiger partial charge in [0.25, 0.3) is 0 Å². The van der Waals surface area contributed by atoms with Crippen LogP contribution in [0.3, 0.4) is 0 Å². The van der Waals surface area contributed by atoms with Crippen LogP contribution >= 0.6 is 12.4 Å². The lowest BCUT2D eigenvalue weighted by Crippen LogP contribution is -2.70. The smallest absolute Gasteiger partial charge is 0.243 e. The van der Waals surface area contributed by atoms with Crippen LogP contribution in [0.5, 0.6) is 0 Å². The Bertz CT molecular complexity index is 383. The van der Waals surface area contributed by atoms with E-state index in [1.165, 1.54) is 7.05 Å². The van der Waals surface area contributed by atoms with Crippen LogP contribution in [0.4, 0.5) is 0 Å². The zero-order chi connectivity index (χ0) is 16.3. The quantitative estimate of drug-likeness (QED) is 0.199. The molecule has 0 bridgehead atoms. The molecule has 0 aromatic heterocycles. The highest BCUT2D eigenvalue weighted by Gasteiger charge is 2.49. The van der Waals surface area contributed by atoms with Gasteiger partial charge in [0.2, 0.25) is 5.91 Å². The number of piperidine rings is 1. The van der Waals surface area contributed by atoms with E-state index in [1.54, 1.807) is 0 Å². The summed E-state index contributed by atoms with van der Waals surface area (Å²) in [4.78, 5) is 14.3. The van der Waals surface area contributed by atoms with Crippen molar-refractivity contribution in [3.8, 4) is 0 Å². The number of amides is 1. The van der Waals surface area contributed by atoms with Crippen molar-refractivity contribution in [3.05, 3.63) is 0 Å². The summed E-state index contributed by atoms with van der Waals surface area (Å²) in [5.41, 5.74) is 5.23. The largest absolute Gasteiger partial charge is 0.394 e. The van der Waals surface area contributed by atoms with Crippen LogP contribution in [0.2, 0.25) is 0 Å². The number of nitrogens with one attached hydrogen (secondary N) is 1. The van der Waals surface area contributed by atoms with E-state index >= 15 is 0 Å². The van der Waals surface area contributed by atoms with E-state index in [9.17, 15) is 30.3 Å². The molecule has 130 valence electrons. The van der Waals surface area contributed by atoms with E-state index in [2.05, 4.69) is 0 Å². The van der Waals surface area contributed by atoms with Crippen molar-refractivity contribution in [2.75, 3.05) is 26.8 Å². The maximum absolute atomic E-state index is 12.3. The second-order valence-electron chi connectivity index (χ2n) is 5.01. The summed E-state index contributed by atoms with van der Waals surface area (Å²) < 4.78 is 0. The molecule has 10 nitrogen and oxygen atoms in total. The minimum absolute atomic E-state index is 0. The van der Waals surface area contributed by atoms with E-state index in [-0.39, 0.29) is 24.9 Å². The fourth-order valence-corrected chi connectivity index (χ4v) is 2.36. The normalized spacial score (nSPS) is 31.4. The first-order chi connectivity index (χ1) is 9.76. The molecule has 1 fully saturated rings. The van der Waals surface area contributed by atoms with Gasteiger partial charge >= 0.3 is 0 Å². The summed E-state index contributed by atoms with van der Waals surface area (Å²) in [5, 5.41) is 55.3. The molecule has 0 unspecified atom stereocenters. The zero-order valence-electron chi connectivity index (χ0n) is 12.0. The van der Waals surface area contributed by atoms with Gasteiger partial charge in [0.1, 0.15) is 18.3 Å². The van der Waals surface area contributed by atoms with Crippen LogP contribution in [0.25, 0.3) is 0 Å². The fourth-order valence-electron chi connectivity index (χ4n) is 2.36. The number of hydrogen-bond donors (Lipinski definition) is 7. The molecule has 1 aliphatic heterocycles. The van der Waals surface area contributed by atoms with Crippen LogP contribution in [-0.4, -0.2) is 104 Å². The number of guanidine groups is 1. The van der Waals surface area contributed by atoms with Gasteiger partial charge in [-0.15, -0.1) is 12.4 Å². The predicted molar refractivity (Wildman–Crippen MR) is 78.4 cm³/mol. The molecule has 0 spiro atoms. The molecular weight excluding hydrogens is 320 g/mol. The average Bonchev–Trinajstić information content (AvgIpc) is 2.44. The van der Waals surface area contributed by atoms with Crippen molar-refractivity contribution in [1.82, 2.24) is 9.80 Å². The van der Waals surface area contributed by atoms with Crippen LogP contribution in [-0.2, 0) is 4.79 Å². The second kappa shape index (κ2) is 8.46. The van der Waals surface area contributed by atoms with Crippen molar-refractivity contribution in [2.24, 2.45) is 5.73 Å². The molecule has 1 amide bonds. The first kappa shape index (κ1) is 20.8. The maximum Gasteiger partial charge on any atom is 0.243 e. The van der Waals surface area contributed by atoms with Gasteiger partial charge < -0.3 is 41.1 Å². The lowest BCUT2D eigenvalue weighted by molar-refractivity contribution is -0.187. The van der Waals surface area contributed by atoms with Gasteiger partial charge in [0, 0.05) is 7.05 Å². The summed E-state index contributed by atoms with van der Waals surface area (Å²) in [6, 6.07) is -2.35. The number of hydrogen-bond acceptors (Lipinski definition) is 7. The summed E-state index contributed by atoms with van der Waals surface area (Å²) in [5.74, 6) is -1.02. The minimum atomic E-state index is -1.59. The van der Waals surface area contributed by atoms with Crippen LogP contribution in [0.1, 0.15) is 0 Å². The number of carbonyl (C=O) groups excluding carboxylic acids is 1. The van der Waals surface area contributed by atoms with Gasteiger partial charge in [-0.05, 0) is 0 Å². The first-order valence-corrected chi connectivity index (χ1v) is 6.38. The lowest BCUT2D eigenvalue weighted by Gasteiger charge is -2.48. The van der Waals surface area contributed by atoms with E-state index in [4.69, 9.17) is 11.1 Å². The third-order valence-corrected chi connectivity index (χ3v) is 3.65. The van der Waals surface area contributed by atoms with E-state index in [1.807, 2.05) is 0 Å². The molecule has 11 heteroatoms. The van der Waals surface area contributed by atoms with E-state index in [0.29, 0.717) is 0 Å². The molecule has 1 aliphatic rings. The summed E-state index contributed by atoms with van der Waals surface area (Å²) in [7, 11) is 1.40. The predicted octanol–water partition coefficient (Wildman–Crippen LogP) is -4.12. The zero-order valence-corrected chi connectivity index (χ0v) is 12.8. The molecule has 0 radical (unpaired) electrons. The number of aliphatic hydroxyl groups is 5. The van der Waals surface area contributed by atoms with Crippen molar-refractivity contribution in [1.29, 1.82) is 5.41 Å². The minimum Gasteiger partial charge on any atom is -0.394 e. The number of aliphatic hydroxyl groups excluding tert-OH is 5. The Hall–Kier alpha value is -1.17. The highest BCUT2D eigenvalue weighted by atomic mass is 35.5. The summed E-state index contributed by atoms with van der Waals surface area (Å²) in [6.07, 6.45) is -4.70. The maximum atomic E-state index is 12.3. The molecular formula is C11H23ClN4O6. The van der Waals surface area contributed by atoms with Gasteiger partial charge in [0.15, 0.2) is 5.96 Å². The third kappa shape index (κ3) is 3.97. The SMILES string of the molecule is CN(CC(=O)N1[C@H](CO)[C@H](O)[C@H](O)[C@H](O)[C@H]1CO)C(=N)N.Cl. The van der Waals surface area contributed by atoms with Crippen LogP contribution in [0, 0.1) is 5.41 Å². The van der Waals surface area contributed by atoms with Gasteiger partial charge in [-0.2, -0.15) is 0 Å². The van der Waals surface area contributed by atoms with Crippen LogP contribution < -0.4 is 5.73 Å². The van der Waals surface area contributed by atoms with Crippen LogP contribution in [0.15, 0.2) is 0 Å². The second-order valence-corrected chi connectivity index (χ2v) is 5.01. The molecule has 1 rings (SSSR count). The Morgan fingerprint density at radius 3 is 1.86 bits per heavy atom. The summed E-state index contributed by atoms with van der Waals surface area (Å²) >= 11 is 0.